The lowest BCUT2D eigenvalue weighted by Gasteiger charge is -2.37. The molecule has 0 aliphatic carbocycles. The van der Waals surface area contributed by atoms with E-state index in [2.05, 4.69) is 19.2 Å². The van der Waals surface area contributed by atoms with E-state index in [-0.39, 0.29) is 37.6 Å². The Labute approximate surface area is 163 Å². The lowest BCUT2D eigenvalue weighted by molar-refractivity contribution is -0.134. The highest BCUT2D eigenvalue weighted by atomic mass is 31.2. The minimum absolute atomic E-state index is 0.0455. The monoisotopic (exact) mass is 408 g/mol. The molecule has 0 spiro atoms. The largest absolute Gasteiger partial charge is 0.472 e. The van der Waals surface area contributed by atoms with Gasteiger partial charge in [0, 0.05) is 38.1 Å². The highest BCUT2D eigenvalue weighted by Crippen LogP contribution is 2.44. The molecule has 160 valence electrons. The van der Waals surface area contributed by atoms with Crippen LogP contribution in [0.25, 0.3) is 0 Å². The molecule has 8 nitrogen and oxygen atoms in total. The fourth-order valence-corrected chi connectivity index (χ4v) is 4.03. The van der Waals surface area contributed by atoms with Crippen LogP contribution >= 0.6 is 7.82 Å². The number of likely N-dealkylation sites (tertiary alicyclic amines) is 1. The zero-order valence-electron chi connectivity index (χ0n) is 16.9. The molecule has 1 rings (SSSR count). The van der Waals surface area contributed by atoms with Crippen LogP contribution in [0, 0.1) is 11.8 Å². The number of carbonyl (C=O) groups is 1. The van der Waals surface area contributed by atoms with Gasteiger partial charge < -0.3 is 20.2 Å². The van der Waals surface area contributed by atoms with E-state index in [0.717, 1.165) is 25.8 Å². The number of amides is 1. The molecule has 1 amide bonds. The lowest BCUT2D eigenvalue weighted by atomic mass is 9.86. The van der Waals surface area contributed by atoms with E-state index in [1.165, 1.54) is 0 Å². The van der Waals surface area contributed by atoms with Gasteiger partial charge in [-0.05, 0) is 38.6 Å². The van der Waals surface area contributed by atoms with E-state index in [9.17, 15) is 19.4 Å². The number of phosphoric ester groups is 1. The van der Waals surface area contributed by atoms with Gasteiger partial charge in [0.05, 0.1) is 13.2 Å². The van der Waals surface area contributed by atoms with Gasteiger partial charge in [0.2, 0.25) is 5.91 Å². The molecule has 1 saturated heterocycles. The molecular weight excluding hydrogens is 371 g/mol. The summed E-state index contributed by atoms with van der Waals surface area (Å²) in [4.78, 5) is 23.7. The number of nitrogens with zero attached hydrogens (tertiary/aromatic N) is 1. The van der Waals surface area contributed by atoms with E-state index in [1.807, 2.05) is 0 Å². The molecule has 0 radical (unpaired) electrons. The van der Waals surface area contributed by atoms with Crippen LogP contribution in [0.4, 0.5) is 0 Å². The third-order valence-corrected chi connectivity index (χ3v) is 5.90. The summed E-state index contributed by atoms with van der Waals surface area (Å²) in [5.74, 6) is -0.103. The van der Waals surface area contributed by atoms with Crippen LogP contribution in [0.3, 0.4) is 0 Å². The lowest BCUT2D eigenvalue weighted by Crippen LogP contribution is -2.46. The second kappa shape index (κ2) is 12.9. The molecule has 3 unspecified atom stereocenters. The smallest absolute Gasteiger partial charge is 0.396 e. The van der Waals surface area contributed by atoms with Gasteiger partial charge in [0.15, 0.2) is 0 Å². The number of nitrogens with one attached hydrogen (secondary N) is 1. The molecule has 0 saturated carbocycles. The number of hydrogen-bond donors (Lipinski definition) is 3. The average molecular weight is 408 g/mol. The first kappa shape index (κ1) is 24.5. The number of unbranched alkanes of at least 4 members (excludes halogenated alkanes) is 2. The van der Waals surface area contributed by atoms with Crippen molar-refractivity contribution in [3.63, 3.8) is 0 Å². The summed E-state index contributed by atoms with van der Waals surface area (Å²) in [6.45, 7) is 7.93. The van der Waals surface area contributed by atoms with Crippen LogP contribution in [0.15, 0.2) is 0 Å². The molecule has 1 aliphatic rings. The molecule has 0 aromatic rings. The van der Waals surface area contributed by atoms with E-state index < -0.39 is 7.82 Å². The van der Waals surface area contributed by atoms with Crippen LogP contribution < -0.4 is 5.32 Å². The maximum atomic E-state index is 12.4. The molecule has 0 aromatic carbocycles. The molecular formula is C18H37N2O6P. The van der Waals surface area contributed by atoms with E-state index in [0.29, 0.717) is 32.0 Å². The SMILES string of the molecule is CCOP(=O)(O)OCC1CCN(C(=O)CCCCCNC(C)C)CC1CO. The summed E-state index contributed by atoms with van der Waals surface area (Å²) in [7, 11) is -4.03. The van der Waals surface area contributed by atoms with Crippen molar-refractivity contribution in [1.29, 1.82) is 0 Å². The number of piperidine rings is 1. The standard InChI is InChI=1S/C18H37N2O6P/c1-4-25-27(23,24)26-14-16-9-11-20(12-17(16)13-21)18(22)8-6-5-7-10-19-15(2)3/h15-17,19,21H,4-14H2,1-3H3,(H,23,24). The Balaban J connectivity index is 2.32. The maximum Gasteiger partial charge on any atom is 0.472 e. The van der Waals surface area contributed by atoms with Crippen molar-refractivity contribution in [3.8, 4) is 0 Å². The second-order valence-corrected chi connectivity index (χ2v) is 8.89. The van der Waals surface area contributed by atoms with Gasteiger partial charge >= 0.3 is 7.82 Å². The van der Waals surface area contributed by atoms with Gasteiger partial charge in [-0.3, -0.25) is 13.8 Å². The summed E-state index contributed by atoms with van der Waals surface area (Å²) >= 11 is 0. The van der Waals surface area contributed by atoms with Crippen molar-refractivity contribution < 1.29 is 28.4 Å². The van der Waals surface area contributed by atoms with Crippen molar-refractivity contribution in [1.82, 2.24) is 10.2 Å². The quantitative estimate of drug-likeness (QED) is 0.316. The fraction of sp³-hybridized carbons (Fsp3) is 0.944. The van der Waals surface area contributed by atoms with Crippen molar-refractivity contribution in [3.05, 3.63) is 0 Å². The van der Waals surface area contributed by atoms with Gasteiger partial charge in [-0.15, -0.1) is 0 Å². The molecule has 1 aliphatic heterocycles. The van der Waals surface area contributed by atoms with Gasteiger partial charge in [0.1, 0.15) is 0 Å². The van der Waals surface area contributed by atoms with Crippen molar-refractivity contribution in [2.75, 3.05) is 39.5 Å². The van der Waals surface area contributed by atoms with Crippen molar-refractivity contribution in [2.24, 2.45) is 11.8 Å². The van der Waals surface area contributed by atoms with Crippen molar-refractivity contribution >= 4 is 13.7 Å². The topological polar surface area (TPSA) is 108 Å². The minimum atomic E-state index is -4.03. The van der Waals surface area contributed by atoms with Gasteiger partial charge in [-0.2, -0.15) is 0 Å². The molecule has 0 bridgehead atoms. The van der Waals surface area contributed by atoms with Crippen molar-refractivity contribution in [2.45, 2.75) is 58.9 Å². The Kier molecular flexibility index (Phi) is 11.7. The summed E-state index contributed by atoms with van der Waals surface area (Å²) in [5, 5.41) is 13.0. The molecule has 3 atom stereocenters. The molecule has 1 heterocycles. The number of hydrogen-bond acceptors (Lipinski definition) is 6. The Morgan fingerprint density at radius 1 is 1.26 bits per heavy atom. The average Bonchev–Trinajstić information content (AvgIpc) is 2.62. The fourth-order valence-electron chi connectivity index (χ4n) is 3.25. The predicted octanol–water partition coefficient (Wildman–Crippen LogP) is 2.16. The number of rotatable bonds is 13. The van der Waals surface area contributed by atoms with Gasteiger partial charge in [-0.1, -0.05) is 20.3 Å². The zero-order valence-corrected chi connectivity index (χ0v) is 17.8. The van der Waals surface area contributed by atoms with Crippen LogP contribution in [0.1, 0.15) is 52.9 Å². The van der Waals surface area contributed by atoms with Crippen LogP contribution in [-0.4, -0.2) is 66.3 Å². The van der Waals surface area contributed by atoms with Gasteiger partial charge in [-0.25, -0.2) is 4.57 Å². The highest BCUT2D eigenvalue weighted by molar-refractivity contribution is 7.47. The van der Waals surface area contributed by atoms with E-state index in [4.69, 9.17) is 9.05 Å². The number of aliphatic hydroxyl groups is 1. The predicted molar refractivity (Wildman–Crippen MR) is 104 cm³/mol. The van der Waals surface area contributed by atoms with Crippen LogP contribution in [0.5, 0.6) is 0 Å². The Morgan fingerprint density at radius 2 is 2.00 bits per heavy atom. The number of phosphoric acid groups is 1. The maximum absolute atomic E-state index is 12.4. The third-order valence-electron chi connectivity index (χ3n) is 4.84. The van der Waals surface area contributed by atoms with E-state index in [1.54, 1.807) is 11.8 Å². The molecule has 9 heteroatoms. The van der Waals surface area contributed by atoms with Gasteiger partial charge in [0.25, 0.3) is 0 Å². The van der Waals surface area contributed by atoms with Crippen LogP contribution in [0.2, 0.25) is 0 Å². The third kappa shape index (κ3) is 10.0. The zero-order chi connectivity index (χ0) is 20.3. The summed E-state index contributed by atoms with van der Waals surface area (Å²) in [6, 6.07) is 0.487. The highest BCUT2D eigenvalue weighted by Gasteiger charge is 2.33. The first-order valence-electron chi connectivity index (χ1n) is 10.0. The second-order valence-electron chi connectivity index (χ2n) is 7.43. The van der Waals surface area contributed by atoms with Crippen LogP contribution in [-0.2, 0) is 18.4 Å². The minimum Gasteiger partial charge on any atom is -0.396 e. The molecule has 0 aromatic heterocycles. The number of aliphatic hydroxyl groups excluding tert-OH is 1. The Morgan fingerprint density at radius 3 is 2.63 bits per heavy atom. The first-order valence-corrected chi connectivity index (χ1v) is 11.5. The number of carbonyl (C=O) groups excluding carboxylic acids is 1. The molecule has 3 N–H and O–H groups in total. The molecule has 27 heavy (non-hydrogen) atoms. The first-order chi connectivity index (χ1) is 12.8. The summed E-state index contributed by atoms with van der Waals surface area (Å²) in [5.41, 5.74) is 0. The summed E-state index contributed by atoms with van der Waals surface area (Å²) < 4.78 is 21.4. The Bertz CT molecular complexity index is 477. The van der Waals surface area contributed by atoms with E-state index >= 15 is 0 Å². The molecule has 1 fully saturated rings. The Hall–Kier alpha value is -0.500. The summed E-state index contributed by atoms with van der Waals surface area (Å²) in [6.07, 6.45) is 4.11. The normalized spacial score (nSPS) is 22.8.